The fourth-order valence-electron chi connectivity index (χ4n) is 3.17. The van der Waals surface area contributed by atoms with Crippen LogP contribution in [0.3, 0.4) is 0 Å². The van der Waals surface area contributed by atoms with Crippen molar-refractivity contribution in [2.24, 2.45) is 0 Å². The summed E-state index contributed by atoms with van der Waals surface area (Å²) < 4.78 is 5.28. The van der Waals surface area contributed by atoms with E-state index in [9.17, 15) is 0 Å². The molecule has 0 radical (unpaired) electrons. The van der Waals surface area contributed by atoms with Crippen LogP contribution in [0.5, 0.6) is 5.75 Å². The van der Waals surface area contributed by atoms with E-state index in [1.54, 1.807) is 7.11 Å². The maximum atomic E-state index is 5.28. The Bertz CT molecular complexity index is 633. The zero-order valence-electron chi connectivity index (χ0n) is 12.4. The van der Waals surface area contributed by atoms with Gasteiger partial charge < -0.3 is 10.1 Å². The molecule has 0 amide bonds. The normalized spacial score (nSPS) is 17.1. The van der Waals surface area contributed by atoms with Gasteiger partial charge in [0.25, 0.3) is 0 Å². The third kappa shape index (κ3) is 2.20. The Kier molecular flexibility index (Phi) is 3.49. The first-order chi connectivity index (χ1) is 9.72. The highest BCUT2D eigenvalue weighted by atomic mass is 16.5. The molecule has 2 aromatic carbocycles. The quantitative estimate of drug-likeness (QED) is 0.911. The van der Waals surface area contributed by atoms with E-state index in [0.717, 1.165) is 5.75 Å². The third-order valence-corrected chi connectivity index (χ3v) is 4.31. The van der Waals surface area contributed by atoms with Crippen molar-refractivity contribution in [3.8, 4) is 16.9 Å². The molecule has 104 valence electrons. The molecule has 2 aromatic rings. The van der Waals surface area contributed by atoms with Crippen molar-refractivity contribution in [1.82, 2.24) is 5.32 Å². The summed E-state index contributed by atoms with van der Waals surface area (Å²) in [5.74, 6) is 0.919. The molecule has 3 rings (SSSR count). The van der Waals surface area contributed by atoms with Crippen molar-refractivity contribution < 1.29 is 4.74 Å². The minimum Gasteiger partial charge on any atom is -0.497 e. The maximum absolute atomic E-state index is 5.28. The highest BCUT2D eigenvalue weighted by Gasteiger charge is 2.21. The molecular formula is C18H21NO. The number of hydrogen-bond donors (Lipinski definition) is 1. The highest BCUT2D eigenvalue weighted by Crippen LogP contribution is 2.35. The van der Waals surface area contributed by atoms with E-state index in [2.05, 4.69) is 42.6 Å². The van der Waals surface area contributed by atoms with Crippen LogP contribution in [0.25, 0.3) is 11.1 Å². The summed E-state index contributed by atoms with van der Waals surface area (Å²) >= 11 is 0. The predicted molar refractivity (Wildman–Crippen MR) is 83.3 cm³/mol. The second kappa shape index (κ2) is 5.29. The standard InChI is InChI=1S/C18H21NO/c1-12-10-15(20-3)6-8-16(12)13-4-7-17-14(11-13)5-9-18(17)19-2/h4,6-8,10-11,18-19H,5,9H2,1-3H3. The molecular weight excluding hydrogens is 246 g/mol. The van der Waals surface area contributed by atoms with Gasteiger partial charge in [0.2, 0.25) is 0 Å². The van der Waals surface area contributed by atoms with Crippen LogP contribution in [-0.4, -0.2) is 14.2 Å². The number of fused-ring (bicyclic) bond motifs is 1. The molecule has 2 heteroatoms. The number of aryl methyl sites for hydroxylation is 2. The molecule has 0 aromatic heterocycles. The lowest BCUT2D eigenvalue weighted by Crippen LogP contribution is -2.12. The summed E-state index contributed by atoms with van der Waals surface area (Å²) in [4.78, 5) is 0. The van der Waals surface area contributed by atoms with Gasteiger partial charge in [-0.05, 0) is 66.8 Å². The SMILES string of the molecule is CNC1CCc2cc(-c3ccc(OC)cc3C)ccc21. The number of nitrogens with one attached hydrogen (secondary N) is 1. The lowest BCUT2D eigenvalue weighted by atomic mass is 9.96. The number of rotatable bonds is 3. The molecule has 0 heterocycles. The molecule has 1 atom stereocenters. The Labute approximate surface area is 120 Å². The van der Waals surface area contributed by atoms with Gasteiger partial charge in [-0.25, -0.2) is 0 Å². The van der Waals surface area contributed by atoms with Crippen molar-refractivity contribution in [3.63, 3.8) is 0 Å². The van der Waals surface area contributed by atoms with Crippen LogP contribution in [0.2, 0.25) is 0 Å². The third-order valence-electron chi connectivity index (χ3n) is 4.31. The van der Waals surface area contributed by atoms with Gasteiger partial charge in [-0.2, -0.15) is 0 Å². The number of ether oxygens (including phenoxy) is 1. The Morgan fingerprint density at radius 3 is 2.70 bits per heavy atom. The summed E-state index contributed by atoms with van der Waals surface area (Å²) in [6.45, 7) is 2.14. The Balaban J connectivity index is 2.00. The first-order valence-electron chi connectivity index (χ1n) is 7.18. The van der Waals surface area contributed by atoms with Crippen LogP contribution < -0.4 is 10.1 Å². The summed E-state index contributed by atoms with van der Waals surface area (Å²) in [6, 6.07) is 13.7. The zero-order valence-corrected chi connectivity index (χ0v) is 12.4. The average molecular weight is 267 g/mol. The number of benzene rings is 2. The molecule has 1 unspecified atom stereocenters. The Morgan fingerprint density at radius 1 is 1.15 bits per heavy atom. The Hall–Kier alpha value is -1.80. The number of methoxy groups -OCH3 is 1. The van der Waals surface area contributed by atoms with Crippen molar-refractivity contribution in [3.05, 3.63) is 53.1 Å². The summed E-state index contributed by atoms with van der Waals surface area (Å²) in [7, 11) is 3.75. The van der Waals surface area contributed by atoms with Crippen LogP contribution in [0.1, 0.15) is 29.2 Å². The van der Waals surface area contributed by atoms with E-state index in [1.807, 2.05) is 13.1 Å². The molecule has 0 saturated heterocycles. The van der Waals surface area contributed by atoms with Crippen molar-refractivity contribution in [2.45, 2.75) is 25.8 Å². The van der Waals surface area contributed by atoms with Crippen LogP contribution in [0.15, 0.2) is 36.4 Å². The van der Waals surface area contributed by atoms with Crippen molar-refractivity contribution in [2.75, 3.05) is 14.2 Å². The molecule has 1 aliphatic rings. The van der Waals surface area contributed by atoms with Gasteiger partial charge in [-0.3, -0.25) is 0 Å². The van der Waals surface area contributed by atoms with E-state index >= 15 is 0 Å². The second-order valence-corrected chi connectivity index (χ2v) is 5.47. The van der Waals surface area contributed by atoms with Gasteiger partial charge in [0, 0.05) is 6.04 Å². The molecule has 2 nitrogen and oxygen atoms in total. The lowest BCUT2D eigenvalue weighted by molar-refractivity contribution is 0.414. The highest BCUT2D eigenvalue weighted by molar-refractivity contribution is 5.69. The zero-order chi connectivity index (χ0) is 14.1. The van der Waals surface area contributed by atoms with E-state index in [1.165, 1.54) is 40.7 Å². The molecule has 1 aliphatic carbocycles. The summed E-state index contributed by atoms with van der Waals surface area (Å²) in [5, 5.41) is 3.39. The van der Waals surface area contributed by atoms with Crippen molar-refractivity contribution in [1.29, 1.82) is 0 Å². The minimum absolute atomic E-state index is 0.524. The largest absolute Gasteiger partial charge is 0.497 e. The fraction of sp³-hybridized carbons (Fsp3) is 0.333. The van der Waals surface area contributed by atoms with Crippen LogP contribution in [-0.2, 0) is 6.42 Å². The summed E-state index contributed by atoms with van der Waals surface area (Å²) in [5.41, 5.74) is 6.80. The van der Waals surface area contributed by atoms with Crippen LogP contribution >= 0.6 is 0 Å². The summed E-state index contributed by atoms with van der Waals surface area (Å²) in [6.07, 6.45) is 2.38. The van der Waals surface area contributed by atoms with E-state index in [4.69, 9.17) is 4.74 Å². The minimum atomic E-state index is 0.524. The monoisotopic (exact) mass is 267 g/mol. The molecule has 0 saturated carbocycles. The lowest BCUT2D eigenvalue weighted by Gasteiger charge is -2.12. The topological polar surface area (TPSA) is 21.3 Å². The van der Waals surface area contributed by atoms with Crippen molar-refractivity contribution >= 4 is 0 Å². The van der Waals surface area contributed by atoms with Gasteiger partial charge >= 0.3 is 0 Å². The molecule has 20 heavy (non-hydrogen) atoms. The van der Waals surface area contributed by atoms with Gasteiger partial charge in [0.1, 0.15) is 5.75 Å². The van der Waals surface area contributed by atoms with E-state index < -0.39 is 0 Å². The smallest absolute Gasteiger partial charge is 0.119 e. The van der Waals surface area contributed by atoms with Gasteiger partial charge in [-0.1, -0.05) is 24.3 Å². The molecule has 0 bridgehead atoms. The first kappa shape index (κ1) is 13.2. The average Bonchev–Trinajstić information content (AvgIpc) is 2.89. The first-order valence-corrected chi connectivity index (χ1v) is 7.18. The van der Waals surface area contributed by atoms with Gasteiger partial charge in [-0.15, -0.1) is 0 Å². The molecule has 0 fully saturated rings. The fourth-order valence-corrected chi connectivity index (χ4v) is 3.17. The Morgan fingerprint density at radius 2 is 2.00 bits per heavy atom. The van der Waals surface area contributed by atoms with Gasteiger partial charge in [0.15, 0.2) is 0 Å². The van der Waals surface area contributed by atoms with Gasteiger partial charge in [0.05, 0.1) is 7.11 Å². The van der Waals surface area contributed by atoms with Crippen LogP contribution in [0.4, 0.5) is 0 Å². The maximum Gasteiger partial charge on any atom is 0.119 e. The molecule has 0 spiro atoms. The predicted octanol–water partition coefficient (Wildman–Crippen LogP) is 3.88. The van der Waals surface area contributed by atoms with E-state index in [0.29, 0.717) is 6.04 Å². The van der Waals surface area contributed by atoms with Crippen LogP contribution in [0, 0.1) is 6.92 Å². The molecule has 1 N–H and O–H groups in total. The second-order valence-electron chi connectivity index (χ2n) is 5.47. The number of hydrogen-bond acceptors (Lipinski definition) is 2. The molecule has 0 aliphatic heterocycles. The van der Waals surface area contributed by atoms with E-state index in [-0.39, 0.29) is 0 Å².